The lowest BCUT2D eigenvalue weighted by Gasteiger charge is -2.34. The molecular weight excluding hydrogens is 198 g/mol. The zero-order valence-corrected chi connectivity index (χ0v) is 10.6. The van der Waals surface area contributed by atoms with Gasteiger partial charge in [0.15, 0.2) is 0 Å². The van der Waals surface area contributed by atoms with Crippen molar-refractivity contribution in [3.63, 3.8) is 0 Å². The molecule has 90 valence electrons. The van der Waals surface area contributed by atoms with Crippen LogP contribution in [0.1, 0.15) is 51.8 Å². The Kier molecular flexibility index (Phi) is 3.70. The number of nitrogens with one attached hydrogen (secondary N) is 1. The molecule has 1 aromatic rings. The zero-order valence-electron chi connectivity index (χ0n) is 10.6. The van der Waals surface area contributed by atoms with Crippen molar-refractivity contribution in [1.29, 1.82) is 0 Å². The third-order valence-corrected chi connectivity index (χ3v) is 4.05. The first kappa shape index (κ1) is 11.7. The number of rotatable bonds is 3. The molecule has 1 N–H and O–H groups in total. The maximum Gasteiger partial charge on any atom is 0.120 e. The van der Waals surface area contributed by atoms with Crippen molar-refractivity contribution < 1.29 is 4.42 Å². The van der Waals surface area contributed by atoms with Crippen LogP contribution in [0.5, 0.6) is 0 Å². The van der Waals surface area contributed by atoms with Gasteiger partial charge in [0.05, 0.1) is 12.3 Å². The van der Waals surface area contributed by atoms with E-state index in [1.54, 1.807) is 6.26 Å². The van der Waals surface area contributed by atoms with Crippen molar-refractivity contribution in [3.8, 4) is 0 Å². The van der Waals surface area contributed by atoms with Gasteiger partial charge in [-0.25, -0.2) is 0 Å². The van der Waals surface area contributed by atoms with Gasteiger partial charge in [-0.3, -0.25) is 0 Å². The van der Waals surface area contributed by atoms with Crippen molar-refractivity contribution >= 4 is 0 Å². The van der Waals surface area contributed by atoms with E-state index in [9.17, 15) is 0 Å². The molecule has 1 saturated carbocycles. The first-order valence-corrected chi connectivity index (χ1v) is 6.46. The summed E-state index contributed by atoms with van der Waals surface area (Å²) >= 11 is 0. The summed E-state index contributed by atoms with van der Waals surface area (Å²) < 4.78 is 5.42. The number of hydrogen-bond donors (Lipinski definition) is 1. The second-order valence-electron chi connectivity index (χ2n) is 5.37. The fourth-order valence-electron chi connectivity index (χ4n) is 2.67. The van der Waals surface area contributed by atoms with E-state index in [2.05, 4.69) is 26.1 Å². The van der Waals surface area contributed by atoms with E-state index in [-0.39, 0.29) is 0 Å². The van der Waals surface area contributed by atoms with Crippen LogP contribution in [0.25, 0.3) is 0 Å². The summed E-state index contributed by atoms with van der Waals surface area (Å²) in [5.74, 6) is 2.78. The van der Waals surface area contributed by atoms with Crippen LogP contribution in [0, 0.1) is 11.8 Å². The van der Waals surface area contributed by atoms with Gasteiger partial charge in [-0.05, 0) is 50.2 Å². The van der Waals surface area contributed by atoms with Crippen LogP contribution in [-0.2, 0) is 0 Å². The minimum atomic E-state index is 0.334. The summed E-state index contributed by atoms with van der Waals surface area (Å²) in [5, 5.41) is 3.68. The Morgan fingerprint density at radius 3 is 2.75 bits per heavy atom. The molecule has 1 heterocycles. The highest BCUT2D eigenvalue weighted by Crippen LogP contribution is 2.30. The third-order valence-electron chi connectivity index (χ3n) is 4.05. The predicted octanol–water partition coefficient (Wildman–Crippen LogP) is 3.75. The average Bonchev–Trinajstić information content (AvgIpc) is 2.77. The van der Waals surface area contributed by atoms with E-state index in [0.717, 1.165) is 17.6 Å². The molecule has 0 radical (unpaired) electrons. The summed E-state index contributed by atoms with van der Waals surface area (Å²) in [6, 6.07) is 5.00. The summed E-state index contributed by atoms with van der Waals surface area (Å²) in [6.45, 7) is 6.93. The molecule has 1 aliphatic carbocycles. The Bertz CT molecular complexity index is 307. The van der Waals surface area contributed by atoms with Crippen molar-refractivity contribution in [2.75, 3.05) is 0 Å². The monoisotopic (exact) mass is 221 g/mol. The molecule has 0 aliphatic heterocycles. The highest BCUT2D eigenvalue weighted by molar-refractivity contribution is 5.03. The third kappa shape index (κ3) is 2.67. The van der Waals surface area contributed by atoms with E-state index in [1.807, 2.05) is 12.1 Å². The van der Waals surface area contributed by atoms with Crippen molar-refractivity contribution in [3.05, 3.63) is 24.2 Å². The van der Waals surface area contributed by atoms with Gasteiger partial charge < -0.3 is 9.73 Å². The topological polar surface area (TPSA) is 25.2 Å². The Morgan fingerprint density at radius 1 is 1.31 bits per heavy atom. The van der Waals surface area contributed by atoms with Crippen LogP contribution in [0.4, 0.5) is 0 Å². The van der Waals surface area contributed by atoms with Gasteiger partial charge >= 0.3 is 0 Å². The minimum absolute atomic E-state index is 0.334. The van der Waals surface area contributed by atoms with Gasteiger partial charge in [0.25, 0.3) is 0 Å². The molecule has 1 aromatic heterocycles. The molecule has 2 heteroatoms. The predicted molar refractivity (Wildman–Crippen MR) is 66.2 cm³/mol. The van der Waals surface area contributed by atoms with Crippen molar-refractivity contribution in [2.45, 2.75) is 52.1 Å². The van der Waals surface area contributed by atoms with Crippen LogP contribution in [-0.4, -0.2) is 6.04 Å². The van der Waals surface area contributed by atoms with Crippen LogP contribution in [0.15, 0.2) is 22.8 Å². The van der Waals surface area contributed by atoms with Crippen LogP contribution in [0.2, 0.25) is 0 Å². The minimum Gasteiger partial charge on any atom is -0.468 e. The normalized spacial score (nSPS) is 32.6. The van der Waals surface area contributed by atoms with E-state index < -0.39 is 0 Å². The molecule has 2 rings (SSSR count). The van der Waals surface area contributed by atoms with E-state index >= 15 is 0 Å². The molecule has 0 amide bonds. The first-order chi connectivity index (χ1) is 7.66. The molecule has 1 aliphatic rings. The van der Waals surface area contributed by atoms with Gasteiger partial charge in [-0.15, -0.1) is 0 Å². The lowest BCUT2D eigenvalue weighted by Crippen LogP contribution is -2.37. The van der Waals surface area contributed by atoms with Crippen LogP contribution in [0.3, 0.4) is 0 Å². The van der Waals surface area contributed by atoms with Gasteiger partial charge in [-0.1, -0.05) is 13.8 Å². The van der Waals surface area contributed by atoms with Gasteiger partial charge in [0.2, 0.25) is 0 Å². The summed E-state index contributed by atoms with van der Waals surface area (Å²) in [4.78, 5) is 0. The van der Waals surface area contributed by atoms with E-state index in [4.69, 9.17) is 4.42 Å². The summed E-state index contributed by atoms with van der Waals surface area (Å²) in [5.41, 5.74) is 0. The fourth-order valence-corrected chi connectivity index (χ4v) is 2.67. The molecular formula is C14H23NO. The second-order valence-corrected chi connectivity index (χ2v) is 5.37. The molecule has 0 saturated heterocycles. The Hall–Kier alpha value is -0.760. The zero-order chi connectivity index (χ0) is 11.5. The molecule has 0 spiro atoms. The molecule has 1 fully saturated rings. The summed E-state index contributed by atoms with van der Waals surface area (Å²) in [6.07, 6.45) is 5.70. The molecule has 16 heavy (non-hydrogen) atoms. The van der Waals surface area contributed by atoms with Gasteiger partial charge in [0.1, 0.15) is 5.76 Å². The van der Waals surface area contributed by atoms with Crippen molar-refractivity contribution in [2.24, 2.45) is 11.8 Å². The van der Waals surface area contributed by atoms with Crippen LogP contribution < -0.4 is 5.32 Å². The molecule has 2 nitrogen and oxygen atoms in total. The maximum atomic E-state index is 5.42. The van der Waals surface area contributed by atoms with Crippen molar-refractivity contribution in [1.82, 2.24) is 5.32 Å². The fraction of sp³-hybridized carbons (Fsp3) is 0.714. The largest absolute Gasteiger partial charge is 0.468 e. The standard InChI is InChI=1S/C14H23NO/c1-10-6-7-13(9-11(10)2)15-12(3)14-5-4-8-16-14/h4-5,8,10-13,15H,6-7,9H2,1-3H3/t10?,11?,12-,13?/m0/s1. The van der Waals surface area contributed by atoms with Gasteiger partial charge in [0, 0.05) is 6.04 Å². The molecule has 0 aromatic carbocycles. The quantitative estimate of drug-likeness (QED) is 0.840. The van der Waals surface area contributed by atoms with Gasteiger partial charge in [-0.2, -0.15) is 0 Å². The molecule has 0 bridgehead atoms. The maximum absolute atomic E-state index is 5.42. The average molecular weight is 221 g/mol. The Labute approximate surface area is 98.4 Å². The second kappa shape index (κ2) is 5.05. The van der Waals surface area contributed by atoms with Crippen LogP contribution >= 0.6 is 0 Å². The Balaban J connectivity index is 1.86. The smallest absolute Gasteiger partial charge is 0.120 e. The first-order valence-electron chi connectivity index (χ1n) is 6.46. The highest BCUT2D eigenvalue weighted by atomic mass is 16.3. The number of furan rings is 1. The van der Waals surface area contributed by atoms with E-state index in [1.165, 1.54) is 19.3 Å². The Morgan fingerprint density at radius 2 is 2.12 bits per heavy atom. The molecule has 3 unspecified atom stereocenters. The molecule has 4 atom stereocenters. The lowest BCUT2D eigenvalue weighted by atomic mass is 9.79. The van der Waals surface area contributed by atoms with E-state index in [0.29, 0.717) is 12.1 Å². The summed E-state index contributed by atoms with van der Waals surface area (Å²) in [7, 11) is 0. The number of hydrogen-bond acceptors (Lipinski definition) is 2. The lowest BCUT2D eigenvalue weighted by molar-refractivity contribution is 0.213. The SMILES string of the molecule is CC1CCC(N[C@@H](C)c2ccco2)CC1C. The highest BCUT2D eigenvalue weighted by Gasteiger charge is 2.25.